The Morgan fingerprint density at radius 2 is 2.40 bits per heavy atom. The summed E-state index contributed by atoms with van der Waals surface area (Å²) in [6.45, 7) is 1.70. The van der Waals surface area contributed by atoms with Gasteiger partial charge in [0.25, 0.3) is 0 Å². The second-order valence-electron chi connectivity index (χ2n) is 2.28. The van der Waals surface area contributed by atoms with Crippen LogP contribution in [-0.2, 0) is 0 Å². The Morgan fingerprint density at radius 3 is 2.80 bits per heavy atom. The van der Waals surface area contributed by atoms with Gasteiger partial charge in [0, 0.05) is 4.88 Å². The van der Waals surface area contributed by atoms with Crippen molar-refractivity contribution >= 4 is 11.3 Å². The van der Waals surface area contributed by atoms with E-state index in [0.29, 0.717) is 0 Å². The van der Waals surface area contributed by atoms with E-state index in [-0.39, 0.29) is 6.04 Å². The lowest BCUT2D eigenvalue weighted by molar-refractivity contribution is 0.165. The van der Waals surface area contributed by atoms with Crippen LogP contribution in [0.15, 0.2) is 17.5 Å². The molecule has 0 radical (unpaired) electrons. The predicted octanol–water partition coefficient (Wildman–Crippen LogP) is 1.13. The van der Waals surface area contributed by atoms with E-state index >= 15 is 0 Å². The predicted molar refractivity (Wildman–Crippen MR) is 42.9 cm³/mol. The third-order valence-electron chi connectivity index (χ3n) is 1.39. The SMILES string of the molecule is C[C@@H](O)[C@@H](N)c1cccs1. The molecule has 3 N–H and O–H groups in total. The minimum atomic E-state index is -0.460. The van der Waals surface area contributed by atoms with Crippen molar-refractivity contribution in [3.63, 3.8) is 0 Å². The van der Waals surface area contributed by atoms with Crippen molar-refractivity contribution in [2.24, 2.45) is 5.73 Å². The first kappa shape index (κ1) is 7.72. The molecule has 0 aliphatic heterocycles. The second-order valence-corrected chi connectivity index (χ2v) is 3.26. The van der Waals surface area contributed by atoms with E-state index in [9.17, 15) is 0 Å². The zero-order valence-corrected chi connectivity index (χ0v) is 6.64. The maximum absolute atomic E-state index is 9.07. The quantitative estimate of drug-likeness (QED) is 0.676. The average Bonchev–Trinajstić information content (AvgIpc) is 2.36. The van der Waals surface area contributed by atoms with Crippen LogP contribution >= 0.6 is 11.3 Å². The topological polar surface area (TPSA) is 46.2 Å². The molecule has 1 aromatic rings. The summed E-state index contributed by atoms with van der Waals surface area (Å²) in [5.74, 6) is 0. The Labute approximate surface area is 64.3 Å². The zero-order chi connectivity index (χ0) is 7.56. The molecule has 0 bridgehead atoms. The molecule has 0 aliphatic carbocycles. The summed E-state index contributed by atoms with van der Waals surface area (Å²) < 4.78 is 0. The van der Waals surface area contributed by atoms with Crippen LogP contribution in [-0.4, -0.2) is 11.2 Å². The first-order valence-corrected chi connectivity index (χ1v) is 4.07. The van der Waals surface area contributed by atoms with E-state index in [0.717, 1.165) is 4.88 Å². The van der Waals surface area contributed by atoms with Crippen LogP contribution in [0.3, 0.4) is 0 Å². The summed E-state index contributed by atoms with van der Waals surface area (Å²) in [6, 6.07) is 3.64. The number of aliphatic hydroxyl groups is 1. The molecule has 3 heteroatoms. The van der Waals surface area contributed by atoms with Crippen molar-refractivity contribution in [1.82, 2.24) is 0 Å². The van der Waals surface area contributed by atoms with Gasteiger partial charge in [0.15, 0.2) is 0 Å². The summed E-state index contributed by atoms with van der Waals surface area (Å²) in [7, 11) is 0. The van der Waals surface area contributed by atoms with Gasteiger partial charge >= 0.3 is 0 Å². The van der Waals surface area contributed by atoms with E-state index in [1.165, 1.54) is 0 Å². The van der Waals surface area contributed by atoms with Gasteiger partial charge in [-0.3, -0.25) is 0 Å². The fourth-order valence-electron chi connectivity index (χ4n) is 0.719. The van der Waals surface area contributed by atoms with Gasteiger partial charge in [-0.15, -0.1) is 11.3 Å². The zero-order valence-electron chi connectivity index (χ0n) is 5.82. The molecule has 0 saturated carbocycles. The van der Waals surface area contributed by atoms with Gasteiger partial charge in [-0.2, -0.15) is 0 Å². The lowest BCUT2D eigenvalue weighted by Gasteiger charge is -2.11. The molecule has 1 aromatic heterocycles. The number of nitrogens with two attached hydrogens (primary N) is 1. The average molecular weight is 157 g/mol. The molecule has 2 atom stereocenters. The highest BCUT2D eigenvalue weighted by molar-refractivity contribution is 7.10. The standard InChI is InChI=1S/C7H11NOS/c1-5(9)7(8)6-3-2-4-10-6/h2-5,7,9H,8H2,1H3/t5-,7-/m1/s1. The van der Waals surface area contributed by atoms with Crippen molar-refractivity contribution in [2.75, 3.05) is 0 Å². The number of rotatable bonds is 2. The van der Waals surface area contributed by atoms with Gasteiger partial charge in [0.2, 0.25) is 0 Å². The van der Waals surface area contributed by atoms with Crippen LogP contribution in [0.2, 0.25) is 0 Å². The number of hydrogen-bond donors (Lipinski definition) is 2. The van der Waals surface area contributed by atoms with Crippen LogP contribution in [0.1, 0.15) is 17.8 Å². The van der Waals surface area contributed by atoms with Crippen molar-refractivity contribution in [3.8, 4) is 0 Å². The van der Waals surface area contributed by atoms with E-state index in [1.807, 2.05) is 17.5 Å². The summed E-state index contributed by atoms with van der Waals surface area (Å²) in [5, 5.41) is 11.0. The third-order valence-corrected chi connectivity index (χ3v) is 2.37. The number of thiophene rings is 1. The van der Waals surface area contributed by atoms with Gasteiger partial charge in [-0.25, -0.2) is 0 Å². The van der Waals surface area contributed by atoms with E-state index < -0.39 is 6.10 Å². The molecule has 0 fully saturated rings. The summed E-state index contributed by atoms with van der Waals surface area (Å²) >= 11 is 1.57. The Hall–Kier alpha value is -0.380. The molecule has 2 nitrogen and oxygen atoms in total. The van der Waals surface area contributed by atoms with Crippen molar-refractivity contribution in [1.29, 1.82) is 0 Å². The van der Waals surface area contributed by atoms with Crippen molar-refractivity contribution in [3.05, 3.63) is 22.4 Å². The molecular formula is C7H11NOS. The highest BCUT2D eigenvalue weighted by Crippen LogP contribution is 2.18. The fourth-order valence-corrected chi connectivity index (χ4v) is 1.54. The highest BCUT2D eigenvalue weighted by atomic mass is 32.1. The fraction of sp³-hybridized carbons (Fsp3) is 0.429. The smallest absolute Gasteiger partial charge is 0.0712 e. The number of aliphatic hydroxyl groups excluding tert-OH is 1. The molecule has 0 aliphatic rings. The van der Waals surface area contributed by atoms with E-state index in [4.69, 9.17) is 10.8 Å². The van der Waals surface area contributed by atoms with Crippen molar-refractivity contribution < 1.29 is 5.11 Å². The van der Waals surface area contributed by atoms with Gasteiger partial charge in [0.1, 0.15) is 0 Å². The summed E-state index contributed by atoms with van der Waals surface area (Å²) in [4.78, 5) is 1.04. The Morgan fingerprint density at radius 1 is 1.70 bits per heavy atom. The lowest BCUT2D eigenvalue weighted by Crippen LogP contribution is -2.21. The van der Waals surface area contributed by atoms with Crippen LogP contribution < -0.4 is 5.73 Å². The summed E-state index contributed by atoms with van der Waals surface area (Å²) in [6.07, 6.45) is -0.460. The number of hydrogen-bond acceptors (Lipinski definition) is 3. The van der Waals surface area contributed by atoms with E-state index in [2.05, 4.69) is 0 Å². The molecule has 0 spiro atoms. The molecular weight excluding hydrogens is 146 g/mol. The monoisotopic (exact) mass is 157 g/mol. The van der Waals surface area contributed by atoms with Crippen LogP contribution in [0.5, 0.6) is 0 Å². The third kappa shape index (κ3) is 1.56. The molecule has 0 unspecified atom stereocenters. The minimum Gasteiger partial charge on any atom is -0.391 e. The highest BCUT2D eigenvalue weighted by Gasteiger charge is 2.11. The summed E-state index contributed by atoms with van der Waals surface area (Å²) in [5.41, 5.74) is 5.64. The molecule has 10 heavy (non-hydrogen) atoms. The second kappa shape index (κ2) is 3.14. The van der Waals surface area contributed by atoms with Crippen LogP contribution in [0, 0.1) is 0 Å². The molecule has 1 heterocycles. The van der Waals surface area contributed by atoms with Gasteiger partial charge in [-0.1, -0.05) is 6.07 Å². The Kier molecular flexibility index (Phi) is 2.43. The van der Waals surface area contributed by atoms with Crippen molar-refractivity contribution in [2.45, 2.75) is 19.1 Å². The minimum absolute atomic E-state index is 0.222. The molecule has 0 aromatic carbocycles. The largest absolute Gasteiger partial charge is 0.391 e. The molecule has 0 amide bonds. The maximum Gasteiger partial charge on any atom is 0.0712 e. The van der Waals surface area contributed by atoms with Crippen LogP contribution in [0.4, 0.5) is 0 Å². The van der Waals surface area contributed by atoms with Gasteiger partial charge in [0.05, 0.1) is 12.1 Å². The first-order valence-electron chi connectivity index (χ1n) is 3.19. The molecule has 0 saturated heterocycles. The van der Waals surface area contributed by atoms with Crippen LogP contribution in [0.25, 0.3) is 0 Å². The Bertz CT molecular complexity index is 183. The van der Waals surface area contributed by atoms with Gasteiger partial charge in [-0.05, 0) is 18.4 Å². The Balaban J connectivity index is 2.68. The maximum atomic E-state index is 9.07. The van der Waals surface area contributed by atoms with E-state index in [1.54, 1.807) is 18.3 Å². The molecule has 1 rings (SSSR count). The molecule has 56 valence electrons. The lowest BCUT2D eigenvalue weighted by atomic mass is 10.2. The van der Waals surface area contributed by atoms with Gasteiger partial charge < -0.3 is 10.8 Å². The first-order chi connectivity index (χ1) is 4.72. The normalized spacial score (nSPS) is 16.7.